The number of carbonyl (C=O) groups is 1. The van der Waals surface area contributed by atoms with Gasteiger partial charge in [0.15, 0.2) is 0 Å². The molecule has 0 radical (unpaired) electrons. The maximum Gasteiger partial charge on any atom is 0.345 e. The molecule has 0 bridgehead atoms. The quantitative estimate of drug-likeness (QED) is 0.405. The van der Waals surface area contributed by atoms with E-state index in [9.17, 15) is 13.6 Å². The van der Waals surface area contributed by atoms with Gasteiger partial charge in [-0.1, -0.05) is 24.3 Å². The highest BCUT2D eigenvalue weighted by Crippen LogP contribution is 2.48. The topological polar surface area (TPSA) is 64.6 Å². The van der Waals surface area contributed by atoms with Crippen molar-refractivity contribution in [1.82, 2.24) is 9.97 Å². The fourth-order valence-corrected chi connectivity index (χ4v) is 3.95. The molecule has 4 rings (SSSR count). The van der Waals surface area contributed by atoms with Gasteiger partial charge in [0.25, 0.3) is 0 Å². The molecule has 0 N–H and O–H groups in total. The number of nitrogens with zero attached hydrogens (tertiary/aromatic N) is 3. The average Bonchev–Trinajstić information content (AvgIpc) is 3.63. The van der Waals surface area contributed by atoms with Crippen LogP contribution in [0.4, 0.5) is 14.5 Å². The number of amides is 1. The smallest absolute Gasteiger partial charge is 0.345 e. The molecule has 1 aliphatic carbocycles. The van der Waals surface area contributed by atoms with Gasteiger partial charge in [-0.2, -0.15) is 8.78 Å². The molecular weight excluding hydrogens is 440 g/mol. The maximum absolute atomic E-state index is 13.3. The van der Waals surface area contributed by atoms with E-state index in [1.165, 1.54) is 11.2 Å². The number of alkyl halides is 2. The van der Waals surface area contributed by atoms with Crippen molar-refractivity contribution in [3.8, 4) is 16.9 Å². The third kappa shape index (κ3) is 5.94. The first-order chi connectivity index (χ1) is 16.4. The number of hydrogen-bond acceptors (Lipinski definition) is 5. The Morgan fingerprint density at radius 2 is 1.74 bits per heavy atom. The van der Waals surface area contributed by atoms with Gasteiger partial charge in [0.2, 0.25) is 5.91 Å². The molecule has 0 aliphatic heterocycles. The lowest BCUT2D eigenvalue weighted by molar-refractivity contribution is -0.130. The maximum atomic E-state index is 13.3. The molecule has 2 atom stereocenters. The van der Waals surface area contributed by atoms with Crippen LogP contribution in [0.5, 0.6) is 5.75 Å². The lowest BCUT2D eigenvalue weighted by atomic mass is 10.0. The molecular formula is C26H27F2N3O3. The van der Waals surface area contributed by atoms with Crippen molar-refractivity contribution in [2.24, 2.45) is 5.92 Å². The third-order valence-electron chi connectivity index (χ3n) is 5.66. The minimum absolute atomic E-state index is 0.0138. The van der Waals surface area contributed by atoms with Gasteiger partial charge >= 0.3 is 6.61 Å². The number of aromatic nitrogens is 2. The first kappa shape index (κ1) is 23.8. The first-order valence-electron chi connectivity index (χ1n) is 11.3. The Morgan fingerprint density at radius 1 is 1.06 bits per heavy atom. The van der Waals surface area contributed by atoms with Gasteiger partial charge in [-0.3, -0.25) is 4.79 Å². The van der Waals surface area contributed by atoms with E-state index in [2.05, 4.69) is 14.7 Å². The Bertz CT molecular complexity index is 1080. The van der Waals surface area contributed by atoms with Crippen molar-refractivity contribution in [2.45, 2.75) is 38.9 Å². The summed E-state index contributed by atoms with van der Waals surface area (Å²) >= 11 is 0. The molecule has 1 amide bonds. The Morgan fingerprint density at radius 3 is 2.32 bits per heavy atom. The second-order valence-corrected chi connectivity index (χ2v) is 8.44. The lowest BCUT2D eigenvalue weighted by Crippen LogP contribution is -2.36. The molecule has 1 fully saturated rings. The molecule has 34 heavy (non-hydrogen) atoms. The van der Waals surface area contributed by atoms with Gasteiger partial charge in [0.1, 0.15) is 12.1 Å². The van der Waals surface area contributed by atoms with Crippen molar-refractivity contribution >= 4 is 11.6 Å². The second-order valence-electron chi connectivity index (χ2n) is 8.44. The number of halogens is 2. The van der Waals surface area contributed by atoms with E-state index < -0.39 is 6.61 Å². The van der Waals surface area contributed by atoms with Crippen LogP contribution in [0.15, 0.2) is 67.1 Å². The fraction of sp³-hybridized carbons (Fsp3) is 0.346. The fourth-order valence-electron chi connectivity index (χ4n) is 3.95. The van der Waals surface area contributed by atoms with Crippen LogP contribution in [0.2, 0.25) is 0 Å². The van der Waals surface area contributed by atoms with E-state index >= 15 is 0 Å². The van der Waals surface area contributed by atoms with Crippen molar-refractivity contribution in [2.75, 3.05) is 18.1 Å². The van der Waals surface area contributed by atoms with Crippen LogP contribution in [-0.2, 0) is 9.53 Å². The van der Waals surface area contributed by atoms with Gasteiger partial charge in [-0.15, -0.1) is 0 Å². The summed E-state index contributed by atoms with van der Waals surface area (Å²) < 4.78 is 35.2. The first-order valence-corrected chi connectivity index (χ1v) is 11.3. The predicted octanol–water partition coefficient (Wildman–Crippen LogP) is 5.31. The Kier molecular flexibility index (Phi) is 7.47. The molecule has 0 spiro atoms. The Labute approximate surface area is 197 Å². The van der Waals surface area contributed by atoms with E-state index in [4.69, 9.17) is 4.74 Å². The highest BCUT2D eigenvalue weighted by atomic mass is 19.3. The summed E-state index contributed by atoms with van der Waals surface area (Å²) in [6, 6.07) is 17.1. The number of hydrogen-bond donors (Lipinski definition) is 0. The minimum Gasteiger partial charge on any atom is -0.491 e. The molecule has 1 aromatic heterocycles. The zero-order chi connectivity index (χ0) is 24.1. The van der Waals surface area contributed by atoms with Crippen molar-refractivity contribution in [3.05, 3.63) is 72.8 Å². The van der Waals surface area contributed by atoms with Gasteiger partial charge in [-0.25, -0.2) is 9.97 Å². The molecule has 8 heteroatoms. The monoisotopic (exact) mass is 467 g/mol. The molecule has 6 nitrogen and oxygen atoms in total. The number of carbonyl (C=O) groups excluding carboxylic acids is 1. The highest BCUT2D eigenvalue weighted by molar-refractivity contribution is 5.97. The average molecular weight is 468 g/mol. The standard InChI is InChI=1S/C26H27F2N3O3/c1-17(2)34-21-9-5-19(6-10-21)18-3-7-20(8-4-18)31(13-14-33-26(27)28)25(32)23-15-22(23)24-11-12-29-16-30-24/h3-12,16-17,22-23,26H,13-15H2,1-2H3/t22-,23-/m1/s1. The predicted molar refractivity (Wildman–Crippen MR) is 125 cm³/mol. The number of anilines is 1. The molecule has 2 aromatic carbocycles. The van der Waals surface area contributed by atoms with Crippen molar-refractivity contribution < 1.29 is 23.0 Å². The second kappa shape index (κ2) is 10.7. The normalized spacial score (nSPS) is 17.1. The van der Waals surface area contributed by atoms with E-state index in [0.29, 0.717) is 12.1 Å². The Hall–Kier alpha value is -3.39. The molecule has 1 saturated carbocycles. The lowest BCUT2D eigenvalue weighted by Gasteiger charge is -2.23. The van der Waals surface area contributed by atoms with Gasteiger partial charge in [-0.05, 0) is 61.7 Å². The van der Waals surface area contributed by atoms with E-state index in [0.717, 1.165) is 22.6 Å². The Balaban J connectivity index is 1.49. The summed E-state index contributed by atoms with van der Waals surface area (Å²) in [5.74, 6) is 0.452. The van der Waals surface area contributed by atoms with Gasteiger partial charge in [0.05, 0.1) is 12.7 Å². The number of ether oxygens (including phenoxy) is 2. The van der Waals surface area contributed by atoms with Crippen molar-refractivity contribution in [1.29, 1.82) is 0 Å². The molecule has 3 aromatic rings. The zero-order valence-electron chi connectivity index (χ0n) is 19.1. The summed E-state index contributed by atoms with van der Waals surface area (Å²) in [6.07, 6.45) is 3.88. The van der Waals surface area contributed by atoms with Crippen LogP contribution < -0.4 is 9.64 Å². The molecule has 1 aliphatic rings. The van der Waals surface area contributed by atoms with Crippen LogP contribution >= 0.6 is 0 Å². The van der Waals surface area contributed by atoms with Crippen LogP contribution in [0, 0.1) is 5.92 Å². The van der Waals surface area contributed by atoms with Crippen LogP contribution in [-0.4, -0.2) is 41.7 Å². The minimum atomic E-state index is -2.88. The largest absolute Gasteiger partial charge is 0.491 e. The van der Waals surface area contributed by atoms with Crippen LogP contribution in [0.3, 0.4) is 0 Å². The summed E-state index contributed by atoms with van der Waals surface area (Å²) in [7, 11) is 0. The van der Waals surface area contributed by atoms with Gasteiger partial charge < -0.3 is 14.4 Å². The van der Waals surface area contributed by atoms with Crippen molar-refractivity contribution in [3.63, 3.8) is 0 Å². The zero-order valence-corrected chi connectivity index (χ0v) is 19.1. The number of rotatable bonds is 10. The van der Waals surface area contributed by atoms with Crippen LogP contribution in [0.1, 0.15) is 31.9 Å². The third-order valence-corrected chi connectivity index (χ3v) is 5.66. The molecule has 0 saturated heterocycles. The summed E-state index contributed by atoms with van der Waals surface area (Å²) in [6.45, 7) is 0.855. The highest BCUT2D eigenvalue weighted by Gasteiger charge is 2.47. The summed E-state index contributed by atoms with van der Waals surface area (Å²) in [4.78, 5) is 23.0. The molecule has 0 unspecified atom stereocenters. The van der Waals surface area contributed by atoms with E-state index in [-0.39, 0.29) is 37.0 Å². The van der Waals surface area contributed by atoms with Gasteiger partial charge in [0, 0.05) is 36.0 Å². The summed E-state index contributed by atoms with van der Waals surface area (Å²) in [5, 5.41) is 0. The molecule has 178 valence electrons. The van der Waals surface area contributed by atoms with Crippen LogP contribution in [0.25, 0.3) is 11.1 Å². The van der Waals surface area contributed by atoms with E-state index in [1.54, 1.807) is 12.3 Å². The summed E-state index contributed by atoms with van der Waals surface area (Å²) in [5.41, 5.74) is 3.44. The number of benzene rings is 2. The molecule has 1 heterocycles. The SMILES string of the molecule is CC(C)Oc1ccc(-c2ccc(N(CCOC(F)F)C(=O)[C@@H]3C[C@H]3c3ccncn3)cc2)cc1. The van der Waals surface area contributed by atoms with E-state index in [1.807, 2.05) is 62.4 Å².